The van der Waals surface area contributed by atoms with Crippen molar-refractivity contribution in [2.75, 3.05) is 0 Å². The average molecular weight is 360 g/mol. The molecule has 2 N–H and O–H groups in total. The van der Waals surface area contributed by atoms with Gasteiger partial charge in [-0.05, 0) is 5.56 Å². The number of phenols is 2. The van der Waals surface area contributed by atoms with E-state index in [0.29, 0.717) is 5.56 Å². The summed E-state index contributed by atoms with van der Waals surface area (Å²) >= 11 is 0. The van der Waals surface area contributed by atoms with Crippen molar-refractivity contribution in [1.29, 1.82) is 0 Å². The largest absolute Gasteiger partial charge is 0.508 e. The number of rotatable bonds is 4. The molecule has 4 aromatic rings. The summed E-state index contributed by atoms with van der Waals surface area (Å²) in [5, 5.41) is 19.8. The third-order valence-corrected chi connectivity index (χ3v) is 4.18. The Bertz CT molecular complexity index is 1150. The molecular weight excluding hydrogens is 344 g/mol. The Morgan fingerprint density at radius 2 is 1.56 bits per heavy atom. The van der Waals surface area contributed by atoms with E-state index in [9.17, 15) is 15.0 Å². The molecule has 3 aromatic carbocycles. The molecule has 0 amide bonds. The third-order valence-electron chi connectivity index (χ3n) is 4.18. The van der Waals surface area contributed by atoms with Gasteiger partial charge in [-0.25, -0.2) is 0 Å². The van der Waals surface area contributed by atoms with Crippen LogP contribution in [0.1, 0.15) is 5.56 Å². The summed E-state index contributed by atoms with van der Waals surface area (Å²) in [5.74, 6) is -0.296. The zero-order valence-corrected chi connectivity index (χ0v) is 14.3. The van der Waals surface area contributed by atoms with E-state index in [0.717, 1.165) is 11.6 Å². The Hall–Kier alpha value is -3.73. The van der Waals surface area contributed by atoms with Gasteiger partial charge in [0, 0.05) is 17.7 Å². The highest BCUT2D eigenvalue weighted by Gasteiger charge is 2.20. The number of hydrogen-bond donors (Lipinski definition) is 2. The smallest absolute Gasteiger partial charge is 0.239 e. The monoisotopic (exact) mass is 360 g/mol. The van der Waals surface area contributed by atoms with Gasteiger partial charge in [-0.1, -0.05) is 60.7 Å². The number of ether oxygens (including phenoxy) is 1. The molecule has 0 aliphatic heterocycles. The van der Waals surface area contributed by atoms with E-state index in [4.69, 9.17) is 9.15 Å². The van der Waals surface area contributed by atoms with Crippen molar-refractivity contribution in [3.05, 3.63) is 88.6 Å². The Morgan fingerprint density at radius 1 is 0.889 bits per heavy atom. The highest BCUT2D eigenvalue weighted by molar-refractivity contribution is 5.88. The molecule has 1 heterocycles. The van der Waals surface area contributed by atoms with E-state index in [2.05, 4.69) is 0 Å². The van der Waals surface area contributed by atoms with Crippen molar-refractivity contribution in [2.24, 2.45) is 0 Å². The second kappa shape index (κ2) is 6.88. The highest BCUT2D eigenvalue weighted by atomic mass is 16.5. The van der Waals surface area contributed by atoms with Gasteiger partial charge in [0.05, 0.1) is 0 Å². The summed E-state index contributed by atoms with van der Waals surface area (Å²) in [4.78, 5) is 13.0. The van der Waals surface area contributed by atoms with E-state index >= 15 is 0 Å². The van der Waals surface area contributed by atoms with Crippen molar-refractivity contribution in [2.45, 2.75) is 6.61 Å². The second-order valence-electron chi connectivity index (χ2n) is 6.07. The molecule has 0 saturated heterocycles. The van der Waals surface area contributed by atoms with Gasteiger partial charge < -0.3 is 19.4 Å². The molecule has 4 rings (SSSR count). The summed E-state index contributed by atoms with van der Waals surface area (Å²) < 4.78 is 11.7. The summed E-state index contributed by atoms with van der Waals surface area (Å²) in [6.45, 7) is 0.176. The lowest BCUT2D eigenvalue weighted by Crippen LogP contribution is -2.10. The topological polar surface area (TPSA) is 79.9 Å². The minimum atomic E-state index is -0.497. The third kappa shape index (κ3) is 3.22. The van der Waals surface area contributed by atoms with E-state index in [1.165, 1.54) is 6.07 Å². The van der Waals surface area contributed by atoms with Gasteiger partial charge in [-0.2, -0.15) is 0 Å². The summed E-state index contributed by atoms with van der Waals surface area (Å²) in [6, 6.07) is 20.9. The highest BCUT2D eigenvalue weighted by Crippen LogP contribution is 2.35. The predicted molar refractivity (Wildman–Crippen MR) is 102 cm³/mol. The summed E-state index contributed by atoms with van der Waals surface area (Å²) in [7, 11) is 0. The maximum Gasteiger partial charge on any atom is 0.239 e. The molecule has 0 saturated carbocycles. The standard InChI is InChI=1S/C22H16O5/c23-16-11-17(24)19-18(12-16)27-21(15-9-5-2-6-10-15)22(20(19)25)26-13-14-7-3-1-4-8-14/h1-12,23-24H,13H2. The molecule has 0 spiro atoms. The zero-order chi connectivity index (χ0) is 18.8. The minimum absolute atomic E-state index is 0.0125. The van der Waals surface area contributed by atoms with Crippen LogP contribution in [0.25, 0.3) is 22.3 Å². The van der Waals surface area contributed by atoms with Gasteiger partial charge in [0.25, 0.3) is 0 Å². The van der Waals surface area contributed by atoms with Gasteiger partial charge in [-0.3, -0.25) is 4.79 Å². The van der Waals surface area contributed by atoms with E-state index < -0.39 is 5.43 Å². The summed E-state index contributed by atoms with van der Waals surface area (Å²) in [6.07, 6.45) is 0. The van der Waals surface area contributed by atoms with E-state index in [1.807, 2.05) is 48.5 Å². The number of phenolic OH excluding ortho intramolecular Hbond substituents is 2. The van der Waals surface area contributed by atoms with Crippen molar-refractivity contribution < 1.29 is 19.4 Å². The van der Waals surface area contributed by atoms with Crippen LogP contribution >= 0.6 is 0 Å². The van der Waals surface area contributed by atoms with Crippen LogP contribution in [0.5, 0.6) is 17.2 Å². The molecule has 134 valence electrons. The lowest BCUT2D eigenvalue weighted by molar-refractivity contribution is 0.297. The molecule has 27 heavy (non-hydrogen) atoms. The second-order valence-corrected chi connectivity index (χ2v) is 6.07. The molecule has 0 aliphatic rings. The molecule has 5 heteroatoms. The van der Waals surface area contributed by atoms with Crippen LogP contribution in [-0.4, -0.2) is 10.2 Å². The quantitative estimate of drug-likeness (QED) is 0.562. The number of fused-ring (bicyclic) bond motifs is 1. The first-order valence-electron chi connectivity index (χ1n) is 8.38. The van der Waals surface area contributed by atoms with Gasteiger partial charge in [0.2, 0.25) is 11.2 Å². The molecule has 0 unspecified atom stereocenters. The number of benzene rings is 3. The molecule has 0 aliphatic carbocycles. The first kappa shape index (κ1) is 16.7. The fourth-order valence-electron chi connectivity index (χ4n) is 2.91. The van der Waals surface area contributed by atoms with E-state index in [-0.39, 0.29) is 40.6 Å². The van der Waals surface area contributed by atoms with Crippen molar-refractivity contribution in [1.82, 2.24) is 0 Å². The van der Waals surface area contributed by atoms with Crippen LogP contribution in [0, 0.1) is 0 Å². The number of hydrogen-bond acceptors (Lipinski definition) is 5. The van der Waals surface area contributed by atoms with Crippen molar-refractivity contribution in [3.8, 4) is 28.6 Å². The van der Waals surface area contributed by atoms with Gasteiger partial charge in [0.1, 0.15) is 29.1 Å². The normalized spacial score (nSPS) is 10.8. The van der Waals surface area contributed by atoms with Crippen molar-refractivity contribution in [3.63, 3.8) is 0 Å². The first-order chi connectivity index (χ1) is 13.1. The van der Waals surface area contributed by atoms with E-state index in [1.54, 1.807) is 12.1 Å². The Balaban J connectivity index is 1.91. The van der Waals surface area contributed by atoms with Crippen LogP contribution in [-0.2, 0) is 6.61 Å². The molecular formula is C22H16O5. The molecule has 1 aromatic heterocycles. The predicted octanol–water partition coefficient (Wildman–Crippen LogP) is 4.45. The maximum atomic E-state index is 13.0. The fraction of sp³-hybridized carbons (Fsp3) is 0.0455. The molecule has 0 atom stereocenters. The van der Waals surface area contributed by atoms with Gasteiger partial charge in [-0.15, -0.1) is 0 Å². The molecule has 0 bridgehead atoms. The Kier molecular flexibility index (Phi) is 4.26. The van der Waals surface area contributed by atoms with Crippen molar-refractivity contribution >= 4 is 11.0 Å². The zero-order valence-electron chi connectivity index (χ0n) is 14.3. The molecule has 0 radical (unpaired) electrons. The maximum absolute atomic E-state index is 13.0. The van der Waals surface area contributed by atoms with Crippen LogP contribution in [0.4, 0.5) is 0 Å². The average Bonchev–Trinajstić information content (AvgIpc) is 2.68. The fourth-order valence-corrected chi connectivity index (χ4v) is 2.91. The first-order valence-corrected chi connectivity index (χ1v) is 8.38. The lowest BCUT2D eigenvalue weighted by atomic mass is 10.1. The number of aromatic hydroxyl groups is 2. The van der Waals surface area contributed by atoms with Crippen LogP contribution in [0.15, 0.2) is 82.0 Å². The molecule has 5 nitrogen and oxygen atoms in total. The van der Waals surface area contributed by atoms with Gasteiger partial charge >= 0.3 is 0 Å². The SMILES string of the molecule is O=c1c(OCc2ccccc2)c(-c2ccccc2)oc2cc(O)cc(O)c12. The summed E-state index contributed by atoms with van der Waals surface area (Å²) in [5.41, 5.74) is 1.14. The van der Waals surface area contributed by atoms with Crippen LogP contribution in [0.2, 0.25) is 0 Å². The Labute approximate surface area is 154 Å². The Morgan fingerprint density at radius 3 is 2.26 bits per heavy atom. The lowest BCUT2D eigenvalue weighted by Gasteiger charge is -2.12. The van der Waals surface area contributed by atoms with Gasteiger partial charge in [0.15, 0.2) is 5.76 Å². The van der Waals surface area contributed by atoms with Crippen LogP contribution in [0.3, 0.4) is 0 Å². The molecule has 0 fully saturated rings. The minimum Gasteiger partial charge on any atom is -0.508 e. The van der Waals surface area contributed by atoms with Crippen LogP contribution < -0.4 is 10.2 Å².